The fraction of sp³-hybridized carbons (Fsp3) is 0.323. The van der Waals surface area contributed by atoms with Crippen LogP contribution in [-0.4, -0.2) is 60.9 Å². The first-order chi connectivity index (χ1) is 20.6. The van der Waals surface area contributed by atoms with Gasteiger partial charge in [0.15, 0.2) is 17.5 Å². The number of carbonyl (C=O) groups excluding carboxylic acids is 1. The Morgan fingerprint density at radius 2 is 1.70 bits per heavy atom. The maximum absolute atomic E-state index is 14.4. The Labute approximate surface area is 247 Å². The Morgan fingerprint density at radius 1 is 1.02 bits per heavy atom. The first kappa shape index (κ1) is 29.9. The number of ether oxygens (including phenoxy) is 1. The van der Waals surface area contributed by atoms with Crippen molar-refractivity contribution < 1.29 is 22.7 Å². The molecule has 226 valence electrons. The largest absolute Gasteiger partial charge is 0.497 e. The molecule has 12 heteroatoms. The van der Waals surface area contributed by atoms with Gasteiger partial charge in [-0.1, -0.05) is 6.92 Å². The van der Waals surface area contributed by atoms with Gasteiger partial charge in [0, 0.05) is 43.6 Å². The third kappa shape index (κ3) is 6.00. The molecular weight excluding hydrogens is 561 g/mol. The van der Waals surface area contributed by atoms with E-state index in [1.165, 1.54) is 33.8 Å². The van der Waals surface area contributed by atoms with Crippen LogP contribution in [-0.2, 0) is 6.42 Å². The molecule has 1 aliphatic rings. The molecule has 0 aliphatic carbocycles. The predicted molar refractivity (Wildman–Crippen MR) is 160 cm³/mol. The Morgan fingerprint density at radius 3 is 2.35 bits per heavy atom. The number of aromatic nitrogens is 2. The second kappa shape index (κ2) is 12.3. The Hall–Kier alpha value is -4.58. The number of urea groups is 1. The van der Waals surface area contributed by atoms with Crippen LogP contribution in [0.15, 0.2) is 59.4 Å². The van der Waals surface area contributed by atoms with E-state index >= 15 is 0 Å². The molecule has 9 nitrogen and oxygen atoms in total. The number of amides is 2. The van der Waals surface area contributed by atoms with Gasteiger partial charge in [0.2, 0.25) is 0 Å². The SMILES string of the molecule is CCc1cc(OC)ccc1N(C(=O)Nc1ccc(F)cc1)C(C)c1nc2cc(F)c(F)cc2c(=O)n1N1CCN(C)CC1. The average molecular weight is 595 g/mol. The van der Waals surface area contributed by atoms with Crippen molar-refractivity contribution in [2.24, 2.45) is 0 Å². The van der Waals surface area contributed by atoms with Gasteiger partial charge >= 0.3 is 6.03 Å². The highest BCUT2D eigenvalue weighted by Crippen LogP contribution is 2.33. The van der Waals surface area contributed by atoms with Gasteiger partial charge in [0.1, 0.15) is 11.6 Å². The van der Waals surface area contributed by atoms with Crippen molar-refractivity contribution >= 4 is 28.3 Å². The number of hydrogen-bond acceptors (Lipinski definition) is 6. The average Bonchev–Trinajstić information content (AvgIpc) is 3.00. The summed E-state index contributed by atoms with van der Waals surface area (Å²) in [4.78, 5) is 36.3. The van der Waals surface area contributed by atoms with Crippen LogP contribution < -0.4 is 25.5 Å². The van der Waals surface area contributed by atoms with Crippen molar-refractivity contribution in [1.29, 1.82) is 0 Å². The Bertz CT molecular complexity index is 1700. The zero-order chi connectivity index (χ0) is 30.8. The maximum atomic E-state index is 14.4. The molecule has 43 heavy (non-hydrogen) atoms. The van der Waals surface area contributed by atoms with E-state index < -0.39 is 35.1 Å². The maximum Gasteiger partial charge on any atom is 0.327 e. The number of anilines is 2. The van der Waals surface area contributed by atoms with Crippen LogP contribution in [0.4, 0.5) is 29.3 Å². The third-order valence-corrected chi connectivity index (χ3v) is 7.68. The monoisotopic (exact) mass is 594 g/mol. The van der Waals surface area contributed by atoms with Crippen LogP contribution in [0.2, 0.25) is 0 Å². The lowest BCUT2D eigenvalue weighted by atomic mass is 10.1. The number of fused-ring (bicyclic) bond motifs is 1. The first-order valence-corrected chi connectivity index (χ1v) is 14.0. The smallest absolute Gasteiger partial charge is 0.327 e. The van der Waals surface area contributed by atoms with Crippen LogP contribution in [0.3, 0.4) is 0 Å². The standard InChI is InChI=1S/C31H33F3N6O3/c1-5-20-16-23(43-4)10-11-28(20)39(31(42)35-22-8-6-21(32)7-9-22)19(2)29-36-27-18-26(34)25(33)17-24(27)30(41)40(29)38-14-12-37(3)13-15-38/h6-11,16-19H,5,12-15H2,1-4H3,(H,35,42). The van der Waals surface area contributed by atoms with Gasteiger partial charge in [-0.25, -0.2) is 27.6 Å². The van der Waals surface area contributed by atoms with Crippen molar-refractivity contribution in [2.75, 3.05) is 55.6 Å². The second-order valence-electron chi connectivity index (χ2n) is 10.5. The van der Waals surface area contributed by atoms with Gasteiger partial charge < -0.3 is 20.0 Å². The van der Waals surface area contributed by atoms with Gasteiger partial charge in [-0.05, 0) is 74.5 Å². The summed E-state index contributed by atoms with van der Waals surface area (Å²) in [6, 6.07) is 10.9. The van der Waals surface area contributed by atoms with Gasteiger partial charge in [-0.2, -0.15) is 0 Å². The number of carbonyl (C=O) groups is 1. The molecule has 1 N–H and O–H groups in total. The number of piperazine rings is 1. The molecule has 2 heterocycles. The molecule has 5 rings (SSSR count). The fourth-order valence-electron chi connectivity index (χ4n) is 5.26. The van der Waals surface area contributed by atoms with Crippen molar-refractivity contribution in [3.05, 3.63) is 93.8 Å². The van der Waals surface area contributed by atoms with E-state index in [2.05, 4.69) is 15.2 Å². The molecule has 1 aromatic heterocycles. The summed E-state index contributed by atoms with van der Waals surface area (Å²) < 4.78 is 49.0. The van der Waals surface area contributed by atoms with Crippen LogP contribution in [0.1, 0.15) is 31.3 Å². The Balaban J connectivity index is 1.71. The van der Waals surface area contributed by atoms with Crippen LogP contribution in [0, 0.1) is 17.5 Å². The van der Waals surface area contributed by atoms with E-state index in [-0.39, 0.29) is 16.7 Å². The van der Waals surface area contributed by atoms with Gasteiger partial charge in [0.05, 0.1) is 24.1 Å². The number of rotatable bonds is 7. The third-order valence-electron chi connectivity index (χ3n) is 7.68. The van der Waals surface area contributed by atoms with Crippen LogP contribution >= 0.6 is 0 Å². The lowest BCUT2D eigenvalue weighted by molar-refractivity contribution is 0.254. The molecule has 1 fully saturated rings. The molecule has 1 saturated heterocycles. The van der Waals surface area contributed by atoms with E-state index in [1.807, 2.05) is 25.0 Å². The lowest BCUT2D eigenvalue weighted by Gasteiger charge is -2.38. The summed E-state index contributed by atoms with van der Waals surface area (Å²) in [5.41, 5.74) is 1.07. The summed E-state index contributed by atoms with van der Waals surface area (Å²) in [5.74, 6) is -1.97. The highest BCUT2D eigenvalue weighted by molar-refractivity contribution is 6.02. The van der Waals surface area contributed by atoms with Gasteiger partial charge in [0.25, 0.3) is 5.56 Å². The number of hydrogen-bond donors (Lipinski definition) is 1. The van der Waals surface area contributed by atoms with Crippen LogP contribution in [0.5, 0.6) is 5.75 Å². The number of likely N-dealkylation sites (N-methyl/N-ethyl adjacent to an activating group) is 1. The fourth-order valence-corrected chi connectivity index (χ4v) is 5.26. The molecule has 1 unspecified atom stereocenters. The number of nitrogens with zero attached hydrogens (tertiary/aromatic N) is 5. The molecule has 1 atom stereocenters. The topological polar surface area (TPSA) is 82.9 Å². The van der Waals surface area contributed by atoms with Crippen molar-refractivity contribution in [2.45, 2.75) is 26.3 Å². The van der Waals surface area contributed by atoms with Crippen molar-refractivity contribution in [3.63, 3.8) is 0 Å². The molecule has 2 amide bonds. The van der Waals surface area contributed by atoms with E-state index in [4.69, 9.17) is 4.74 Å². The highest BCUT2D eigenvalue weighted by Gasteiger charge is 2.32. The molecule has 3 aromatic carbocycles. The summed E-state index contributed by atoms with van der Waals surface area (Å²) in [5, 5.41) is 4.55. The second-order valence-corrected chi connectivity index (χ2v) is 10.5. The number of nitrogens with one attached hydrogen (secondary N) is 1. The number of benzene rings is 3. The normalized spacial score (nSPS) is 14.5. The van der Waals surface area contributed by atoms with Crippen LogP contribution in [0.25, 0.3) is 10.9 Å². The zero-order valence-corrected chi connectivity index (χ0v) is 24.4. The summed E-state index contributed by atoms with van der Waals surface area (Å²) >= 11 is 0. The molecular formula is C31H33F3N6O3. The lowest BCUT2D eigenvalue weighted by Crippen LogP contribution is -2.55. The molecule has 0 spiro atoms. The summed E-state index contributed by atoms with van der Waals surface area (Å²) in [7, 11) is 3.52. The van der Waals surface area contributed by atoms with E-state index in [1.54, 1.807) is 26.2 Å². The number of halogens is 3. The quantitative estimate of drug-likeness (QED) is 0.322. The van der Waals surface area contributed by atoms with Crippen molar-refractivity contribution in [3.8, 4) is 5.75 Å². The molecule has 1 aliphatic heterocycles. The number of methoxy groups -OCH3 is 1. The molecule has 0 radical (unpaired) electrons. The minimum Gasteiger partial charge on any atom is -0.497 e. The van der Waals surface area contributed by atoms with Gasteiger partial charge in [-0.15, -0.1) is 0 Å². The minimum absolute atomic E-state index is 0.0273. The molecule has 0 bridgehead atoms. The first-order valence-electron chi connectivity index (χ1n) is 14.0. The minimum atomic E-state index is -1.15. The predicted octanol–water partition coefficient (Wildman–Crippen LogP) is 5.07. The number of aryl methyl sites for hydroxylation is 1. The highest BCUT2D eigenvalue weighted by atomic mass is 19.2. The van der Waals surface area contributed by atoms with Gasteiger partial charge in [-0.3, -0.25) is 9.69 Å². The molecule has 0 saturated carbocycles. The van der Waals surface area contributed by atoms with Crippen molar-refractivity contribution in [1.82, 2.24) is 14.6 Å². The summed E-state index contributed by atoms with van der Waals surface area (Å²) in [6.45, 7) is 5.90. The van der Waals surface area contributed by atoms with E-state index in [9.17, 15) is 22.8 Å². The zero-order valence-electron chi connectivity index (χ0n) is 24.4. The summed E-state index contributed by atoms with van der Waals surface area (Å²) in [6.07, 6.45) is 0.542. The molecule has 4 aromatic rings. The van der Waals surface area contributed by atoms with E-state index in [0.29, 0.717) is 49.7 Å². The van der Waals surface area contributed by atoms with E-state index in [0.717, 1.165) is 17.7 Å². The Kier molecular flexibility index (Phi) is 8.58.